The van der Waals surface area contributed by atoms with Crippen LogP contribution in [0, 0.1) is 11.3 Å². The number of ether oxygens (including phenoxy) is 1. The van der Waals surface area contributed by atoms with Crippen LogP contribution in [-0.4, -0.2) is 36.1 Å². The van der Waals surface area contributed by atoms with Gasteiger partial charge in [0.15, 0.2) is 6.61 Å². The van der Waals surface area contributed by atoms with E-state index >= 15 is 0 Å². The van der Waals surface area contributed by atoms with Crippen molar-refractivity contribution in [3.8, 4) is 11.8 Å². The van der Waals surface area contributed by atoms with Crippen LogP contribution in [0.1, 0.15) is 5.56 Å². The van der Waals surface area contributed by atoms with Crippen molar-refractivity contribution in [1.82, 2.24) is 5.32 Å². The number of rotatable bonds is 7. The first-order valence-corrected chi connectivity index (χ1v) is 5.34. The van der Waals surface area contributed by atoms with E-state index in [0.717, 1.165) is 5.56 Å². The zero-order valence-corrected chi connectivity index (χ0v) is 9.47. The quantitative estimate of drug-likeness (QED) is 0.622. The molecule has 5 nitrogen and oxygen atoms in total. The maximum Gasteiger partial charge on any atom is 0.174 e. The van der Waals surface area contributed by atoms with E-state index in [9.17, 15) is 0 Å². The number of nitrogens with one attached hydrogen (secondary N) is 1. The zero-order valence-electron chi connectivity index (χ0n) is 9.47. The molecule has 0 aliphatic rings. The molecule has 92 valence electrons. The average Bonchev–Trinajstić information content (AvgIpc) is 2.38. The molecule has 0 aliphatic carbocycles. The van der Waals surface area contributed by atoms with E-state index < -0.39 is 0 Å². The minimum atomic E-state index is -0.348. The van der Waals surface area contributed by atoms with Crippen LogP contribution in [0.3, 0.4) is 0 Å². The molecule has 0 saturated heterocycles. The molecule has 3 N–H and O–H groups in total. The molecule has 0 heterocycles. The second kappa shape index (κ2) is 7.63. The molecule has 0 amide bonds. The zero-order chi connectivity index (χ0) is 12.5. The molecular weight excluding hydrogens is 220 g/mol. The summed E-state index contributed by atoms with van der Waals surface area (Å²) in [5.74, 6) is 0.635. The van der Waals surface area contributed by atoms with Gasteiger partial charge < -0.3 is 20.3 Å². The van der Waals surface area contributed by atoms with Crippen molar-refractivity contribution in [3.05, 3.63) is 29.8 Å². The van der Waals surface area contributed by atoms with Crippen molar-refractivity contribution in [2.75, 3.05) is 19.8 Å². The summed E-state index contributed by atoms with van der Waals surface area (Å²) in [6.45, 7) is 0.212. The lowest BCUT2D eigenvalue weighted by molar-refractivity contribution is 0.170. The van der Waals surface area contributed by atoms with Gasteiger partial charge in [0.1, 0.15) is 11.8 Å². The topological polar surface area (TPSA) is 85.5 Å². The van der Waals surface area contributed by atoms with Gasteiger partial charge in [-0.25, -0.2) is 0 Å². The van der Waals surface area contributed by atoms with Crippen LogP contribution in [-0.2, 0) is 6.54 Å². The number of hydrogen-bond donors (Lipinski definition) is 3. The largest absolute Gasteiger partial charge is 0.478 e. The highest BCUT2D eigenvalue weighted by Gasteiger charge is 2.07. The van der Waals surface area contributed by atoms with Crippen LogP contribution in [0.5, 0.6) is 5.75 Å². The Kier molecular flexibility index (Phi) is 6.04. The van der Waals surface area contributed by atoms with Gasteiger partial charge >= 0.3 is 0 Å². The predicted molar refractivity (Wildman–Crippen MR) is 62.3 cm³/mol. The summed E-state index contributed by atoms with van der Waals surface area (Å²) in [4.78, 5) is 0. The van der Waals surface area contributed by atoms with Gasteiger partial charge in [-0.1, -0.05) is 18.2 Å². The molecule has 1 aromatic carbocycles. The highest BCUT2D eigenvalue weighted by atomic mass is 16.5. The number of aliphatic hydroxyl groups is 2. The number of nitrogens with zero attached hydrogens (tertiary/aromatic N) is 1. The number of hydrogen-bond acceptors (Lipinski definition) is 5. The molecule has 1 aromatic rings. The average molecular weight is 236 g/mol. The Morgan fingerprint density at radius 3 is 2.65 bits per heavy atom. The second-order valence-electron chi connectivity index (χ2n) is 3.50. The summed E-state index contributed by atoms with van der Waals surface area (Å²) in [6, 6.07) is 8.89. The Hall–Kier alpha value is -1.61. The van der Waals surface area contributed by atoms with Gasteiger partial charge in [-0.15, -0.1) is 0 Å². The van der Waals surface area contributed by atoms with E-state index in [2.05, 4.69) is 5.32 Å². The van der Waals surface area contributed by atoms with E-state index in [-0.39, 0.29) is 25.9 Å². The first kappa shape index (κ1) is 13.5. The lowest BCUT2D eigenvalue weighted by Crippen LogP contribution is -2.35. The molecule has 0 unspecified atom stereocenters. The van der Waals surface area contributed by atoms with Gasteiger partial charge in [-0.2, -0.15) is 5.26 Å². The van der Waals surface area contributed by atoms with Crippen LogP contribution in [0.4, 0.5) is 0 Å². The monoisotopic (exact) mass is 236 g/mol. The Morgan fingerprint density at radius 2 is 2.00 bits per heavy atom. The van der Waals surface area contributed by atoms with Gasteiger partial charge in [0.05, 0.1) is 19.3 Å². The fraction of sp³-hybridized carbons (Fsp3) is 0.417. The fourth-order valence-corrected chi connectivity index (χ4v) is 1.34. The first-order valence-electron chi connectivity index (χ1n) is 5.34. The summed E-state index contributed by atoms with van der Waals surface area (Å²) in [7, 11) is 0. The van der Waals surface area contributed by atoms with E-state index in [0.29, 0.717) is 12.3 Å². The predicted octanol–water partition coefficient (Wildman–Crippen LogP) is 0.0318. The second-order valence-corrected chi connectivity index (χ2v) is 3.50. The molecule has 0 spiro atoms. The molecule has 0 fully saturated rings. The molecule has 0 radical (unpaired) electrons. The number of benzene rings is 1. The highest BCUT2D eigenvalue weighted by molar-refractivity contribution is 5.33. The molecule has 0 aliphatic heterocycles. The van der Waals surface area contributed by atoms with Crippen molar-refractivity contribution in [1.29, 1.82) is 5.26 Å². The third-order valence-electron chi connectivity index (χ3n) is 2.29. The third-order valence-corrected chi connectivity index (χ3v) is 2.29. The third kappa shape index (κ3) is 4.41. The lowest BCUT2D eigenvalue weighted by atomic mass is 10.2. The molecule has 0 atom stereocenters. The van der Waals surface area contributed by atoms with E-state index in [1.807, 2.05) is 24.3 Å². The Bertz CT molecular complexity index is 372. The maximum atomic E-state index is 8.92. The van der Waals surface area contributed by atoms with Crippen molar-refractivity contribution < 1.29 is 14.9 Å². The summed E-state index contributed by atoms with van der Waals surface area (Å²) in [5, 5.41) is 29.3. The smallest absolute Gasteiger partial charge is 0.174 e. The normalized spacial score (nSPS) is 10.2. The molecule has 0 bridgehead atoms. The van der Waals surface area contributed by atoms with Crippen LogP contribution in [0.25, 0.3) is 0 Å². The van der Waals surface area contributed by atoms with Crippen LogP contribution >= 0.6 is 0 Å². The van der Waals surface area contributed by atoms with Crippen molar-refractivity contribution in [3.63, 3.8) is 0 Å². The highest BCUT2D eigenvalue weighted by Crippen LogP contribution is 2.17. The lowest BCUT2D eigenvalue weighted by Gasteiger charge is -2.15. The Balaban J connectivity index is 2.60. The summed E-state index contributed by atoms with van der Waals surface area (Å²) < 4.78 is 5.26. The molecule has 5 heteroatoms. The van der Waals surface area contributed by atoms with E-state index in [4.69, 9.17) is 20.2 Å². The van der Waals surface area contributed by atoms with Crippen LogP contribution in [0.15, 0.2) is 24.3 Å². The summed E-state index contributed by atoms with van der Waals surface area (Å²) >= 11 is 0. The van der Waals surface area contributed by atoms with Gasteiger partial charge in [0, 0.05) is 12.1 Å². The standard InChI is InChI=1S/C12H16N2O3/c13-5-6-17-12-4-2-1-3-10(12)7-14-11(8-15)9-16/h1-4,11,14-16H,6-9H2. The van der Waals surface area contributed by atoms with Gasteiger partial charge in [0.25, 0.3) is 0 Å². The number of para-hydroxylation sites is 1. The minimum Gasteiger partial charge on any atom is -0.478 e. The van der Waals surface area contributed by atoms with Crippen molar-refractivity contribution in [2.24, 2.45) is 0 Å². The Morgan fingerprint density at radius 1 is 1.29 bits per heavy atom. The van der Waals surface area contributed by atoms with Crippen LogP contribution < -0.4 is 10.1 Å². The van der Waals surface area contributed by atoms with Crippen LogP contribution in [0.2, 0.25) is 0 Å². The summed E-state index contributed by atoms with van der Waals surface area (Å²) in [5.41, 5.74) is 0.884. The molecule has 17 heavy (non-hydrogen) atoms. The van der Waals surface area contributed by atoms with Crippen molar-refractivity contribution in [2.45, 2.75) is 12.6 Å². The van der Waals surface area contributed by atoms with Gasteiger partial charge in [-0.3, -0.25) is 0 Å². The number of aliphatic hydroxyl groups excluding tert-OH is 2. The summed E-state index contributed by atoms with van der Waals surface area (Å²) in [6.07, 6.45) is 0. The molecule has 0 aromatic heterocycles. The Labute approximate surface area is 100 Å². The minimum absolute atomic E-state index is 0.000438. The van der Waals surface area contributed by atoms with E-state index in [1.165, 1.54) is 0 Å². The fourth-order valence-electron chi connectivity index (χ4n) is 1.34. The number of nitriles is 1. The van der Waals surface area contributed by atoms with Gasteiger partial charge in [-0.05, 0) is 6.07 Å². The molecular formula is C12H16N2O3. The first-order chi connectivity index (χ1) is 8.31. The maximum absolute atomic E-state index is 8.92. The van der Waals surface area contributed by atoms with Gasteiger partial charge in [0.2, 0.25) is 0 Å². The SMILES string of the molecule is N#CCOc1ccccc1CNC(CO)CO. The molecule has 0 saturated carbocycles. The molecule has 1 rings (SSSR count). The van der Waals surface area contributed by atoms with Crippen molar-refractivity contribution >= 4 is 0 Å². The van der Waals surface area contributed by atoms with E-state index in [1.54, 1.807) is 6.07 Å².